The van der Waals surface area contributed by atoms with Gasteiger partial charge in [-0.1, -0.05) is 18.6 Å². The molecule has 0 spiro atoms. The van der Waals surface area contributed by atoms with E-state index in [9.17, 15) is 19.3 Å². The summed E-state index contributed by atoms with van der Waals surface area (Å²) in [4.78, 5) is 27.7. The number of rotatable bonds is 10. The molecule has 0 atom stereocenters. The molecule has 1 fully saturated rings. The Bertz CT molecular complexity index is 1170. The molecule has 0 radical (unpaired) electrons. The molecule has 1 aliphatic heterocycles. The van der Waals surface area contributed by atoms with Crippen LogP contribution >= 0.6 is 0 Å². The van der Waals surface area contributed by atoms with Crippen LogP contribution in [0.4, 0.5) is 15.8 Å². The van der Waals surface area contributed by atoms with E-state index in [4.69, 9.17) is 0 Å². The normalized spacial score (nSPS) is 14.1. The molecule has 0 bridgehead atoms. The van der Waals surface area contributed by atoms with Crippen molar-refractivity contribution in [3.63, 3.8) is 0 Å². The molecular weight excluding hydrogens is 461 g/mol. The van der Waals surface area contributed by atoms with Gasteiger partial charge in [0.15, 0.2) is 0 Å². The van der Waals surface area contributed by atoms with Crippen LogP contribution in [0.2, 0.25) is 0 Å². The third-order valence-electron chi connectivity index (χ3n) is 6.85. The molecule has 0 unspecified atom stereocenters. The molecule has 1 aliphatic rings. The van der Waals surface area contributed by atoms with Crippen LogP contribution in [0.3, 0.4) is 0 Å². The van der Waals surface area contributed by atoms with Crippen molar-refractivity contribution in [1.29, 1.82) is 0 Å². The lowest BCUT2D eigenvalue weighted by molar-refractivity contribution is -0.384. The number of nitrogens with one attached hydrogen (secondary N) is 1. The average molecular weight is 494 g/mol. The first-order valence-corrected chi connectivity index (χ1v) is 12.5. The summed E-state index contributed by atoms with van der Waals surface area (Å²) in [5.41, 5.74) is 3.48. The standard InChI is InChI=1S/C27H32FN5O3/c1-31(16-6-2-3-7-23-19-24(30-29-23)20-10-12-22(28)13-11-20)27(34)21-14-17-32(18-15-21)25-8-4-5-9-26(25)33(35)36/h4-5,8-13,19,21H,2-3,6-7,14-18H2,1H3,(H,29,30). The van der Waals surface area contributed by atoms with Gasteiger partial charge in [0.1, 0.15) is 11.5 Å². The van der Waals surface area contributed by atoms with Crippen LogP contribution in [0.15, 0.2) is 54.6 Å². The summed E-state index contributed by atoms with van der Waals surface area (Å²) in [5, 5.41) is 18.7. The molecule has 190 valence electrons. The molecule has 0 aliphatic carbocycles. The molecule has 8 nitrogen and oxygen atoms in total. The highest BCUT2D eigenvalue weighted by molar-refractivity contribution is 5.79. The van der Waals surface area contributed by atoms with Gasteiger partial charge in [-0.3, -0.25) is 20.0 Å². The van der Waals surface area contributed by atoms with Gasteiger partial charge in [-0.25, -0.2) is 4.39 Å². The fraction of sp³-hybridized carbons (Fsp3) is 0.407. The minimum Gasteiger partial charge on any atom is -0.366 e. The average Bonchev–Trinajstić information content (AvgIpc) is 3.37. The Kier molecular flexibility index (Phi) is 8.30. The number of carbonyl (C=O) groups excluding carboxylic acids is 1. The maximum Gasteiger partial charge on any atom is 0.292 e. The van der Waals surface area contributed by atoms with Gasteiger partial charge in [0.25, 0.3) is 5.69 Å². The number of para-hydroxylation sites is 2. The second-order valence-corrected chi connectivity index (χ2v) is 9.36. The van der Waals surface area contributed by atoms with Crippen molar-refractivity contribution >= 4 is 17.3 Å². The number of aromatic amines is 1. The number of piperidine rings is 1. The zero-order chi connectivity index (χ0) is 25.5. The van der Waals surface area contributed by atoms with Crippen LogP contribution in [0.25, 0.3) is 11.3 Å². The van der Waals surface area contributed by atoms with E-state index in [1.165, 1.54) is 18.2 Å². The predicted octanol–water partition coefficient (Wildman–Crippen LogP) is 5.21. The first kappa shape index (κ1) is 25.3. The molecular formula is C27H32FN5O3. The number of aromatic nitrogens is 2. The van der Waals surface area contributed by atoms with Crippen molar-refractivity contribution in [3.8, 4) is 11.3 Å². The van der Waals surface area contributed by atoms with E-state index < -0.39 is 0 Å². The summed E-state index contributed by atoms with van der Waals surface area (Å²) in [5.74, 6) is -0.138. The van der Waals surface area contributed by atoms with Crippen molar-refractivity contribution in [1.82, 2.24) is 15.1 Å². The van der Waals surface area contributed by atoms with Crippen LogP contribution in [0.1, 0.15) is 37.8 Å². The van der Waals surface area contributed by atoms with E-state index >= 15 is 0 Å². The molecule has 1 amide bonds. The molecule has 1 saturated heterocycles. The molecule has 9 heteroatoms. The Morgan fingerprint density at radius 2 is 1.86 bits per heavy atom. The number of H-pyrrole nitrogens is 1. The number of anilines is 1. The van der Waals surface area contributed by atoms with Gasteiger partial charge in [-0.05, 0) is 68.5 Å². The van der Waals surface area contributed by atoms with Gasteiger partial charge < -0.3 is 9.80 Å². The molecule has 3 aromatic rings. The molecule has 0 saturated carbocycles. The third kappa shape index (κ3) is 6.27. The predicted molar refractivity (Wildman–Crippen MR) is 137 cm³/mol. The SMILES string of the molecule is CN(CCCCCc1cc(-c2ccc(F)cc2)n[nH]1)C(=O)C1CCN(c2ccccc2[N+](=O)[O-])CC1. The Labute approximate surface area is 210 Å². The summed E-state index contributed by atoms with van der Waals surface area (Å²) in [6.45, 7) is 1.99. The molecule has 2 aromatic carbocycles. The molecule has 1 N–H and O–H groups in total. The zero-order valence-corrected chi connectivity index (χ0v) is 20.5. The van der Waals surface area contributed by atoms with Gasteiger partial charge in [0.2, 0.25) is 5.91 Å². The number of carbonyl (C=O) groups is 1. The number of nitro groups is 1. The number of hydrogen-bond donors (Lipinski definition) is 1. The van der Waals surface area contributed by atoms with Gasteiger partial charge in [-0.2, -0.15) is 5.10 Å². The number of aryl methyl sites for hydroxylation is 1. The number of halogens is 1. The van der Waals surface area contributed by atoms with Gasteiger partial charge in [0, 0.05) is 49.9 Å². The Morgan fingerprint density at radius 1 is 1.14 bits per heavy atom. The van der Waals surface area contributed by atoms with E-state index in [1.807, 2.05) is 29.0 Å². The van der Waals surface area contributed by atoms with E-state index in [0.717, 1.165) is 42.6 Å². The van der Waals surface area contributed by atoms with Crippen molar-refractivity contribution in [2.45, 2.75) is 38.5 Å². The Balaban J connectivity index is 1.16. The van der Waals surface area contributed by atoms with Crippen LogP contribution in [-0.4, -0.2) is 52.6 Å². The largest absolute Gasteiger partial charge is 0.366 e. The number of amides is 1. The van der Waals surface area contributed by atoms with Crippen molar-refractivity contribution in [2.75, 3.05) is 31.6 Å². The van der Waals surface area contributed by atoms with E-state index in [2.05, 4.69) is 10.2 Å². The lowest BCUT2D eigenvalue weighted by Crippen LogP contribution is -2.41. The highest BCUT2D eigenvalue weighted by atomic mass is 19.1. The van der Waals surface area contributed by atoms with E-state index in [0.29, 0.717) is 38.2 Å². The van der Waals surface area contributed by atoms with Crippen LogP contribution in [-0.2, 0) is 11.2 Å². The molecule has 2 heterocycles. The monoisotopic (exact) mass is 493 g/mol. The highest BCUT2D eigenvalue weighted by Crippen LogP contribution is 2.31. The minimum absolute atomic E-state index is 0.0381. The number of nitro benzene ring substituents is 1. The summed E-state index contributed by atoms with van der Waals surface area (Å²) in [6, 6.07) is 15.1. The maximum atomic E-state index is 13.1. The zero-order valence-electron chi connectivity index (χ0n) is 20.5. The van der Waals surface area contributed by atoms with Crippen LogP contribution < -0.4 is 4.90 Å². The van der Waals surface area contributed by atoms with Gasteiger partial charge >= 0.3 is 0 Å². The minimum atomic E-state index is -0.350. The third-order valence-corrected chi connectivity index (χ3v) is 6.85. The second-order valence-electron chi connectivity index (χ2n) is 9.36. The number of nitrogens with zero attached hydrogens (tertiary/aromatic N) is 4. The van der Waals surface area contributed by atoms with Crippen molar-refractivity contribution in [2.24, 2.45) is 5.92 Å². The van der Waals surface area contributed by atoms with Crippen molar-refractivity contribution in [3.05, 3.63) is 76.2 Å². The first-order valence-electron chi connectivity index (χ1n) is 12.5. The molecule has 36 heavy (non-hydrogen) atoms. The lowest BCUT2D eigenvalue weighted by Gasteiger charge is -2.34. The maximum absolute atomic E-state index is 13.1. The smallest absolute Gasteiger partial charge is 0.292 e. The fourth-order valence-electron chi connectivity index (χ4n) is 4.77. The Hall–Kier alpha value is -3.75. The Morgan fingerprint density at radius 3 is 2.58 bits per heavy atom. The summed E-state index contributed by atoms with van der Waals surface area (Å²) >= 11 is 0. The van der Waals surface area contributed by atoms with Crippen molar-refractivity contribution < 1.29 is 14.1 Å². The number of benzene rings is 2. The summed E-state index contributed by atoms with van der Waals surface area (Å²) in [7, 11) is 1.86. The summed E-state index contributed by atoms with van der Waals surface area (Å²) in [6.07, 6.45) is 5.18. The topological polar surface area (TPSA) is 95.4 Å². The quantitative estimate of drug-likeness (QED) is 0.238. The highest BCUT2D eigenvalue weighted by Gasteiger charge is 2.29. The van der Waals surface area contributed by atoms with E-state index in [1.54, 1.807) is 24.3 Å². The molecule has 1 aromatic heterocycles. The number of unbranched alkanes of at least 4 members (excludes halogenated alkanes) is 2. The van der Waals surface area contributed by atoms with Crippen LogP contribution in [0.5, 0.6) is 0 Å². The van der Waals surface area contributed by atoms with Gasteiger partial charge in [0.05, 0.1) is 10.6 Å². The lowest BCUT2D eigenvalue weighted by atomic mass is 9.94. The summed E-state index contributed by atoms with van der Waals surface area (Å²) < 4.78 is 13.1. The van der Waals surface area contributed by atoms with Crippen LogP contribution in [0, 0.1) is 21.8 Å². The van der Waals surface area contributed by atoms with E-state index in [-0.39, 0.29) is 28.3 Å². The number of hydrogen-bond acceptors (Lipinski definition) is 5. The molecule has 4 rings (SSSR count). The first-order chi connectivity index (χ1) is 17.4. The second kappa shape index (κ2) is 11.8. The van der Waals surface area contributed by atoms with Gasteiger partial charge in [-0.15, -0.1) is 0 Å². The fourth-order valence-corrected chi connectivity index (χ4v) is 4.77.